The highest BCUT2D eigenvalue weighted by Crippen LogP contribution is 2.23. The van der Waals surface area contributed by atoms with Crippen LogP contribution in [0, 0.1) is 5.92 Å². The van der Waals surface area contributed by atoms with Crippen molar-refractivity contribution in [3.8, 4) is 0 Å². The van der Waals surface area contributed by atoms with Crippen LogP contribution in [0.4, 0.5) is 0 Å². The van der Waals surface area contributed by atoms with E-state index in [2.05, 4.69) is 4.90 Å². The summed E-state index contributed by atoms with van der Waals surface area (Å²) in [6, 6.07) is 0.375. The first-order valence-electron chi connectivity index (χ1n) is 7.23. The van der Waals surface area contributed by atoms with E-state index in [1.165, 1.54) is 32.1 Å². The van der Waals surface area contributed by atoms with Crippen molar-refractivity contribution < 1.29 is 9.47 Å². The summed E-state index contributed by atoms with van der Waals surface area (Å²) in [7, 11) is 3.51. The molecule has 1 aliphatic carbocycles. The predicted octanol–water partition coefficient (Wildman–Crippen LogP) is 1.49. The predicted molar refractivity (Wildman–Crippen MR) is 74.7 cm³/mol. The molecule has 0 radical (unpaired) electrons. The van der Waals surface area contributed by atoms with Gasteiger partial charge in [0, 0.05) is 39.9 Å². The molecule has 4 heteroatoms. The van der Waals surface area contributed by atoms with Crippen LogP contribution in [-0.2, 0) is 9.47 Å². The molecule has 1 fully saturated rings. The second kappa shape index (κ2) is 9.73. The van der Waals surface area contributed by atoms with Crippen molar-refractivity contribution in [2.75, 3.05) is 47.1 Å². The molecule has 0 spiro atoms. The molecule has 2 atom stereocenters. The van der Waals surface area contributed by atoms with Gasteiger partial charge in [-0.05, 0) is 18.8 Å². The minimum absolute atomic E-state index is 0.375. The molecule has 18 heavy (non-hydrogen) atoms. The number of nitrogens with two attached hydrogens (primary N) is 1. The number of nitrogens with zero attached hydrogens (tertiary/aromatic N) is 1. The Hall–Kier alpha value is -0.160. The molecule has 0 aromatic rings. The summed E-state index contributed by atoms with van der Waals surface area (Å²) in [4.78, 5) is 2.43. The fourth-order valence-corrected chi connectivity index (χ4v) is 2.71. The molecule has 0 amide bonds. The summed E-state index contributed by atoms with van der Waals surface area (Å²) in [6.45, 7) is 4.61. The second-order valence-corrected chi connectivity index (χ2v) is 5.35. The van der Waals surface area contributed by atoms with Gasteiger partial charge in [0.25, 0.3) is 0 Å². The topological polar surface area (TPSA) is 47.7 Å². The van der Waals surface area contributed by atoms with E-state index in [4.69, 9.17) is 15.2 Å². The Morgan fingerprint density at radius 3 is 2.22 bits per heavy atom. The zero-order valence-electron chi connectivity index (χ0n) is 12.1. The van der Waals surface area contributed by atoms with E-state index in [9.17, 15) is 0 Å². The van der Waals surface area contributed by atoms with E-state index in [0.717, 1.165) is 32.8 Å². The fourth-order valence-electron chi connectivity index (χ4n) is 2.71. The lowest BCUT2D eigenvalue weighted by Gasteiger charge is -2.29. The Morgan fingerprint density at radius 1 is 1.00 bits per heavy atom. The van der Waals surface area contributed by atoms with E-state index in [1.54, 1.807) is 14.2 Å². The van der Waals surface area contributed by atoms with Crippen LogP contribution in [0.3, 0.4) is 0 Å². The van der Waals surface area contributed by atoms with Crippen molar-refractivity contribution in [1.82, 2.24) is 4.90 Å². The first kappa shape index (κ1) is 15.9. The molecular formula is C14H30N2O2. The average molecular weight is 258 g/mol. The number of rotatable bonds is 8. The fraction of sp³-hybridized carbons (Fsp3) is 1.00. The maximum atomic E-state index is 6.30. The van der Waals surface area contributed by atoms with Crippen LogP contribution in [0.1, 0.15) is 32.1 Å². The van der Waals surface area contributed by atoms with Crippen molar-refractivity contribution in [3.05, 3.63) is 0 Å². The molecule has 4 nitrogen and oxygen atoms in total. The normalized spacial score (nSPS) is 25.3. The van der Waals surface area contributed by atoms with Crippen LogP contribution in [0.2, 0.25) is 0 Å². The number of ether oxygens (including phenoxy) is 2. The van der Waals surface area contributed by atoms with Crippen LogP contribution < -0.4 is 5.73 Å². The largest absolute Gasteiger partial charge is 0.383 e. The Bertz CT molecular complexity index is 194. The standard InChI is InChI=1S/C14H30N2O2/c1-17-10-8-16(9-11-18-2)12-13-6-4-3-5-7-14(13)15/h13-14H,3-12,15H2,1-2H3. The maximum Gasteiger partial charge on any atom is 0.0589 e. The van der Waals surface area contributed by atoms with Gasteiger partial charge in [0.15, 0.2) is 0 Å². The maximum absolute atomic E-state index is 6.30. The highest BCUT2D eigenvalue weighted by molar-refractivity contribution is 4.79. The summed E-state index contributed by atoms with van der Waals surface area (Å²) < 4.78 is 10.4. The van der Waals surface area contributed by atoms with Gasteiger partial charge in [0.05, 0.1) is 13.2 Å². The molecule has 0 heterocycles. The van der Waals surface area contributed by atoms with Gasteiger partial charge in [-0.25, -0.2) is 0 Å². The van der Waals surface area contributed by atoms with Crippen LogP contribution in [0.25, 0.3) is 0 Å². The molecule has 1 rings (SSSR count). The molecule has 0 aromatic carbocycles. The highest BCUT2D eigenvalue weighted by Gasteiger charge is 2.22. The third-order valence-corrected chi connectivity index (χ3v) is 3.93. The van der Waals surface area contributed by atoms with E-state index in [0.29, 0.717) is 12.0 Å². The summed E-state index contributed by atoms with van der Waals surface area (Å²) in [5, 5.41) is 0. The number of methoxy groups -OCH3 is 2. The summed E-state index contributed by atoms with van der Waals surface area (Å²) in [5.74, 6) is 0.640. The monoisotopic (exact) mass is 258 g/mol. The Kier molecular flexibility index (Phi) is 8.59. The lowest BCUT2D eigenvalue weighted by atomic mass is 9.95. The highest BCUT2D eigenvalue weighted by atomic mass is 16.5. The van der Waals surface area contributed by atoms with Crippen LogP contribution in [-0.4, -0.2) is 58.0 Å². The third kappa shape index (κ3) is 6.14. The quantitative estimate of drug-likeness (QED) is 0.670. The van der Waals surface area contributed by atoms with Crippen LogP contribution in [0.15, 0.2) is 0 Å². The van der Waals surface area contributed by atoms with Crippen molar-refractivity contribution in [2.24, 2.45) is 11.7 Å². The molecule has 0 saturated heterocycles. The first-order chi connectivity index (χ1) is 8.77. The molecular weight excluding hydrogens is 228 g/mol. The van der Waals surface area contributed by atoms with Crippen LogP contribution >= 0.6 is 0 Å². The van der Waals surface area contributed by atoms with E-state index >= 15 is 0 Å². The Morgan fingerprint density at radius 2 is 1.61 bits per heavy atom. The summed E-state index contributed by atoms with van der Waals surface area (Å²) in [5.41, 5.74) is 6.30. The molecule has 108 valence electrons. The van der Waals surface area contributed by atoms with Gasteiger partial charge in [0.2, 0.25) is 0 Å². The minimum Gasteiger partial charge on any atom is -0.383 e. The zero-order chi connectivity index (χ0) is 13.2. The van der Waals surface area contributed by atoms with Crippen molar-refractivity contribution in [3.63, 3.8) is 0 Å². The number of hydrogen-bond donors (Lipinski definition) is 1. The van der Waals surface area contributed by atoms with E-state index in [-0.39, 0.29) is 0 Å². The SMILES string of the molecule is COCCN(CCOC)CC1CCCCCC1N. The first-order valence-corrected chi connectivity index (χ1v) is 7.23. The molecule has 1 saturated carbocycles. The summed E-state index contributed by atoms with van der Waals surface area (Å²) in [6.07, 6.45) is 6.44. The van der Waals surface area contributed by atoms with Gasteiger partial charge in [0.1, 0.15) is 0 Å². The van der Waals surface area contributed by atoms with Gasteiger partial charge in [-0.1, -0.05) is 19.3 Å². The zero-order valence-corrected chi connectivity index (χ0v) is 12.1. The number of hydrogen-bond acceptors (Lipinski definition) is 4. The van der Waals surface area contributed by atoms with Gasteiger partial charge >= 0.3 is 0 Å². The van der Waals surface area contributed by atoms with Crippen molar-refractivity contribution >= 4 is 0 Å². The smallest absolute Gasteiger partial charge is 0.0589 e. The molecule has 2 unspecified atom stereocenters. The second-order valence-electron chi connectivity index (χ2n) is 5.35. The Balaban J connectivity index is 2.40. The van der Waals surface area contributed by atoms with Gasteiger partial charge in [-0.3, -0.25) is 4.90 Å². The lowest BCUT2D eigenvalue weighted by Crippen LogP contribution is -2.41. The molecule has 2 N–H and O–H groups in total. The third-order valence-electron chi connectivity index (χ3n) is 3.93. The summed E-state index contributed by atoms with van der Waals surface area (Å²) >= 11 is 0. The van der Waals surface area contributed by atoms with E-state index in [1.807, 2.05) is 0 Å². The van der Waals surface area contributed by atoms with Crippen molar-refractivity contribution in [2.45, 2.75) is 38.1 Å². The Labute approximate surface area is 112 Å². The molecule has 0 aliphatic heterocycles. The molecule has 1 aliphatic rings. The lowest BCUT2D eigenvalue weighted by molar-refractivity contribution is 0.0991. The van der Waals surface area contributed by atoms with Gasteiger partial charge in [-0.15, -0.1) is 0 Å². The minimum atomic E-state index is 0.375. The van der Waals surface area contributed by atoms with Crippen molar-refractivity contribution in [1.29, 1.82) is 0 Å². The average Bonchev–Trinajstić information content (AvgIpc) is 2.58. The molecule has 0 aromatic heterocycles. The van der Waals surface area contributed by atoms with Gasteiger partial charge in [-0.2, -0.15) is 0 Å². The van der Waals surface area contributed by atoms with Gasteiger partial charge < -0.3 is 15.2 Å². The molecule has 0 bridgehead atoms. The van der Waals surface area contributed by atoms with Crippen LogP contribution in [0.5, 0.6) is 0 Å². The van der Waals surface area contributed by atoms with E-state index < -0.39 is 0 Å².